The van der Waals surface area contributed by atoms with E-state index in [1.54, 1.807) is 11.3 Å². The third-order valence-electron chi connectivity index (χ3n) is 4.99. The Morgan fingerprint density at radius 2 is 1.19 bits per heavy atom. The zero-order chi connectivity index (χ0) is 18.5. The summed E-state index contributed by atoms with van der Waals surface area (Å²) in [6, 6.07) is 32.9. The van der Waals surface area contributed by atoms with Crippen LogP contribution < -0.4 is 20.1 Å². The van der Waals surface area contributed by atoms with E-state index in [2.05, 4.69) is 108 Å². The molecular weight excluding hydrogens is 364 g/mol. The molecule has 4 aromatic rings. The van der Waals surface area contributed by atoms with Gasteiger partial charge in [0.15, 0.2) is 0 Å². The van der Waals surface area contributed by atoms with Gasteiger partial charge in [-0.25, -0.2) is 4.98 Å². The van der Waals surface area contributed by atoms with Crippen LogP contribution in [0.1, 0.15) is 6.92 Å². The second kappa shape index (κ2) is 7.90. The van der Waals surface area contributed by atoms with Gasteiger partial charge in [0.1, 0.15) is 5.82 Å². The third kappa shape index (κ3) is 3.11. The van der Waals surface area contributed by atoms with Crippen molar-refractivity contribution in [3.05, 3.63) is 102 Å². The van der Waals surface area contributed by atoms with Crippen LogP contribution in [0.4, 0.5) is 5.82 Å². The van der Waals surface area contributed by atoms with Crippen LogP contribution in [-0.2, 0) is 0 Å². The van der Waals surface area contributed by atoms with E-state index in [0.717, 1.165) is 12.4 Å². The zero-order valence-electron chi connectivity index (χ0n) is 15.3. The maximum Gasteiger partial charge on any atom is 0.254 e. The lowest BCUT2D eigenvalue weighted by Crippen LogP contribution is -2.77. The summed E-state index contributed by atoms with van der Waals surface area (Å²) in [6.45, 7) is 3.13. The van der Waals surface area contributed by atoms with E-state index < -0.39 is 8.24 Å². The molecule has 3 aromatic carbocycles. The Bertz CT molecular complexity index is 861. The summed E-state index contributed by atoms with van der Waals surface area (Å²) in [4.78, 5) is 4.71. The molecule has 0 saturated heterocycles. The fraction of sp³-hybridized carbons (Fsp3) is 0.0870. The summed E-state index contributed by atoms with van der Waals surface area (Å²) in [5.74, 6) is 1.06. The van der Waals surface area contributed by atoms with E-state index in [0.29, 0.717) is 0 Å². The Balaban J connectivity index is 2.09. The third-order valence-corrected chi connectivity index (χ3v) is 10.4. The maximum atomic E-state index is 4.71. The predicted octanol–water partition coefficient (Wildman–Crippen LogP) is 3.64. The first-order valence-corrected chi connectivity index (χ1v) is 12.1. The van der Waals surface area contributed by atoms with Gasteiger partial charge in [-0.1, -0.05) is 91.0 Å². The number of thiazole rings is 1. The molecule has 0 N–H and O–H groups in total. The molecule has 0 saturated carbocycles. The van der Waals surface area contributed by atoms with Crippen LogP contribution in [0.2, 0.25) is 0 Å². The Labute approximate surface area is 165 Å². The van der Waals surface area contributed by atoms with E-state index in [1.165, 1.54) is 15.6 Å². The van der Waals surface area contributed by atoms with Crippen LogP contribution >= 0.6 is 11.3 Å². The molecule has 27 heavy (non-hydrogen) atoms. The van der Waals surface area contributed by atoms with Gasteiger partial charge in [0.25, 0.3) is 8.24 Å². The normalized spacial score (nSPS) is 11.3. The number of rotatable bonds is 6. The summed E-state index contributed by atoms with van der Waals surface area (Å²) in [6.07, 6.45) is 0. The molecule has 0 amide bonds. The van der Waals surface area contributed by atoms with Gasteiger partial charge in [-0.15, -0.1) is 11.3 Å². The van der Waals surface area contributed by atoms with E-state index >= 15 is 0 Å². The Morgan fingerprint density at radius 3 is 1.52 bits per heavy atom. The topological polar surface area (TPSA) is 16.1 Å². The molecule has 0 aliphatic heterocycles. The largest absolute Gasteiger partial charge is 0.371 e. The lowest BCUT2D eigenvalue weighted by molar-refractivity contribution is 1.04. The first-order valence-electron chi connectivity index (χ1n) is 9.19. The van der Waals surface area contributed by atoms with Crippen LogP contribution in [0.25, 0.3) is 0 Å². The van der Waals surface area contributed by atoms with Crippen LogP contribution in [-0.4, -0.2) is 19.8 Å². The highest BCUT2D eigenvalue weighted by atomic mass is 32.1. The van der Waals surface area contributed by atoms with Gasteiger partial charge < -0.3 is 4.57 Å². The van der Waals surface area contributed by atoms with Gasteiger partial charge in [0.2, 0.25) is 0 Å². The molecule has 0 unspecified atom stereocenters. The van der Waals surface area contributed by atoms with Crippen molar-refractivity contribution in [2.75, 3.05) is 11.1 Å². The Morgan fingerprint density at radius 1 is 0.741 bits per heavy atom. The molecule has 4 heteroatoms. The van der Waals surface area contributed by atoms with Crippen molar-refractivity contribution in [1.82, 2.24) is 4.98 Å². The molecule has 2 nitrogen and oxygen atoms in total. The number of hydrogen-bond donors (Lipinski definition) is 0. The maximum absolute atomic E-state index is 4.71. The van der Waals surface area contributed by atoms with Crippen molar-refractivity contribution >= 4 is 41.0 Å². The second-order valence-corrected chi connectivity index (χ2v) is 10.8. The lowest BCUT2D eigenvalue weighted by atomic mass is 10.3. The van der Waals surface area contributed by atoms with E-state index in [4.69, 9.17) is 4.98 Å². The van der Waals surface area contributed by atoms with E-state index in [1.807, 2.05) is 5.51 Å². The molecular formula is C23H22N2SSi. The summed E-state index contributed by atoms with van der Waals surface area (Å²) in [7, 11) is -2.48. The van der Waals surface area contributed by atoms with Gasteiger partial charge >= 0.3 is 0 Å². The smallest absolute Gasteiger partial charge is 0.254 e. The zero-order valence-corrected chi connectivity index (χ0v) is 17.1. The summed E-state index contributed by atoms with van der Waals surface area (Å²) < 4.78 is 2.55. The summed E-state index contributed by atoms with van der Waals surface area (Å²) >= 11 is 1.65. The molecule has 0 atom stereocenters. The molecule has 1 aromatic heterocycles. The van der Waals surface area contributed by atoms with Crippen molar-refractivity contribution in [2.45, 2.75) is 6.92 Å². The molecule has 0 radical (unpaired) electrons. The average Bonchev–Trinajstić information content (AvgIpc) is 3.28. The fourth-order valence-corrected chi connectivity index (χ4v) is 9.45. The minimum Gasteiger partial charge on any atom is -0.371 e. The molecule has 0 aliphatic carbocycles. The molecule has 134 valence electrons. The molecule has 0 bridgehead atoms. The molecule has 1 heterocycles. The first-order chi connectivity index (χ1) is 13.4. The highest BCUT2D eigenvalue weighted by molar-refractivity contribution is 7.14. The Kier molecular flexibility index (Phi) is 5.18. The average molecular weight is 387 g/mol. The molecule has 4 rings (SSSR count). The van der Waals surface area contributed by atoms with Crippen LogP contribution in [0.3, 0.4) is 0 Å². The van der Waals surface area contributed by atoms with Gasteiger partial charge in [0, 0.05) is 11.9 Å². The monoisotopic (exact) mass is 386 g/mol. The van der Waals surface area contributed by atoms with Gasteiger partial charge in [-0.05, 0) is 22.5 Å². The van der Waals surface area contributed by atoms with Crippen molar-refractivity contribution in [1.29, 1.82) is 0 Å². The number of benzene rings is 3. The Hall–Kier alpha value is -2.69. The quantitative estimate of drug-likeness (QED) is 0.372. The van der Waals surface area contributed by atoms with Crippen molar-refractivity contribution in [2.24, 2.45) is 0 Å². The van der Waals surface area contributed by atoms with Gasteiger partial charge in [0.05, 0.1) is 5.51 Å². The lowest BCUT2D eigenvalue weighted by Gasteiger charge is -2.43. The fourth-order valence-electron chi connectivity index (χ4n) is 3.92. The van der Waals surface area contributed by atoms with E-state index in [-0.39, 0.29) is 0 Å². The number of nitrogens with zero attached hydrogens (tertiary/aromatic N) is 2. The van der Waals surface area contributed by atoms with Crippen LogP contribution in [0.5, 0.6) is 0 Å². The van der Waals surface area contributed by atoms with Gasteiger partial charge in [-0.3, -0.25) is 0 Å². The second-order valence-electron chi connectivity index (χ2n) is 6.40. The van der Waals surface area contributed by atoms with Crippen molar-refractivity contribution in [3.8, 4) is 0 Å². The SMILES string of the molecule is CCN(c1cscn1)[Si](c1ccccc1)(c1ccccc1)c1ccccc1. The highest BCUT2D eigenvalue weighted by Crippen LogP contribution is 2.22. The predicted molar refractivity (Wildman–Crippen MR) is 119 cm³/mol. The van der Waals surface area contributed by atoms with Crippen molar-refractivity contribution in [3.63, 3.8) is 0 Å². The molecule has 0 aliphatic rings. The van der Waals surface area contributed by atoms with E-state index in [9.17, 15) is 0 Å². The summed E-state index contributed by atoms with van der Waals surface area (Å²) in [5, 5.41) is 6.28. The number of hydrogen-bond acceptors (Lipinski definition) is 3. The number of anilines is 1. The van der Waals surface area contributed by atoms with Crippen LogP contribution in [0.15, 0.2) is 102 Å². The molecule has 0 spiro atoms. The number of aromatic nitrogens is 1. The standard InChI is InChI=1S/C23H22N2SSi/c1-2-25(23-18-26-19-24-23)27(20-12-6-3-7-13-20,21-14-8-4-9-15-21)22-16-10-5-11-17-22/h3-19H,2H2,1H3. The minimum absolute atomic E-state index is 0.897. The minimum atomic E-state index is -2.48. The summed E-state index contributed by atoms with van der Waals surface area (Å²) in [5.41, 5.74) is 1.93. The highest BCUT2D eigenvalue weighted by Gasteiger charge is 2.46. The first kappa shape index (κ1) is 17.7. The van der Waals surface area contributed by atoms with Crippen molar-refractivity contribution < 1.29 is 0 Å². The van der Waals surface area contributed by atoms with Gasteiger partial charge in [-0.2, -0.15) is 0 Å². The van der Waals surface area contributed by atoms with Crippen LogP contribution in [0, 0.1) is 0 Å². The molecule has 0 fully saturated rings.